The zero-order valence-electron chi connectivity index (χ0n) is 15.4. The zero-order valence-corrected chi connectivity index (χ0v) is 15.4. The first-order valence-electron chi connectivity index (χ1n) is 8.77. The molecule has 4 nitrogen and oxygen atoms in total. The molecule has 0 heterocycles. The molecule has 0 radical (unpaired) electrons. The lowest BCUT2D eigenvalue weighted by Gasteiger charge is -2.27. The molecule has 3 aromatic rings. The molecule has 0 saturated heterocycles. The molecule has 4 heteroatoms. The predicted octanol–water partition coefficient (Wildman–Crippen LogP) is 3.77. The number of carbonyl (C=O) groups is 1. The van der Waals surface area contributed by atoms with Gasteiger partial charge in [0.2, 0.25) is 0 Å². The van der Waals surface area contributed by atoms with Gasteiger partial charge >= 0.3 is 0 Å². The number of rotatable bonds is 5. The first-order valence-corrected chi connectivity index (χ1v) is 8.77. The maximum Gasteiger partial charge on any atom is 0.281 e. The van der Waals surface area contributed by atoms with E-state index in [1.807, 2.05) is 50.2 Å². The highest BCUT2D eigenvalue weighted by atomic mass is 16.3. The van der Waals surface area contributed by atoms with E-state index in [9.17, 15) is 9.90 Å². The molecule has 0 bridgehead atoms. The fraction of sp³-hybridized carbons (Fsp3) is 0.130. The number of hydrazone groups is 1. The lowest BCUT2D eigenvalue weighted by molar-refractivity contribution is -0.136. The minimum atomic E-state index is -1.83. The molecule has 2 N–H and O–H groups in total. The van der Waals surface area contributed by atoms with Crippen LogP contribution in [0, 0.1) is 6.92 Å². The number of hydrogen-bond acceptors (Lipinski definition) is 3. The molecule has 0 spiro atoms. The highest BCUT2D eigenvalue weighted by molar-refractivity contribution is 6.00. The lowest BCUT2D eigenvalue weighted by Crippen LogP contribution is -2.43. The third kappa shape index (κ3) is 3.96. The van der Waals surface area contributed by atoms with Crippen molar-refractivity contribution in [3.63, 3.8) is 0 Å². The summed E-state index contributed by atoms with van der Waals surface area (Å²) in [6.45, 7) is 3.82. The van der Waals surface area contributed by atoms with Crippen molar-refractivity contribution in [1.82, 2.24) is 5.43 Å². The number of carbonyl (C=O) groups excluding carboxylic acids is 1. The molecule has 0 atom stereocenters. The van der Waals surface area contributed by atoms with Crippen molar-refractivity contribution in [1.29, 1.82) is 0 Å². The number of amides is 1. The summed E-state index contributed by atoms with van der Waals surface area (Å²) in [7, 11) is 0. The van der Waals surface area contributed by atoms with E-state index in [0.717, 1.165) is 11.1 Å². The van der Waals surface area contributed by atoms with Gasteiger partial charge in [-0.25, -0.2) is 5.43 Å². The van der Waals surface area contributed by atoms with E-state index < -0.39 is 11.5 Å². The van der Waals surface area contributed by atoms with Gasteiger partial charge in [0.25, 0.3) is 5.91 Å². The van der Waals surface area contributed by atoms with Gasteiger partial charge in [-0.05, 0) is 30.5 Å². The van der Waals surface area contributed by atoms with Crippen LogP contribution in [0.2, 0.25) is 0 Å². The molecule has 1 amide bonds. The first kappa shape index (κ1) is 18.5. The van der Waals surface area contributed by atoms with Crippen LogP contribution in [0.15, 0.2) is 90.0 Å². The molecule has 0 unspecified atom stereocenters. The lowest BCUT2D eigenvalue weighted by atomic mass is 9.85. The quantitative estimate of drug-likeness (QED) is 0.539. The van der Waals surface area contributed by atoms with Crippen molar-refractivity contribution < 1.29 is 9.90 Å². The molecular formula is C23H22N2O2. The monoisotopic (exact) mass is 358 g/mol. The summed E-state index contributed by atoms with van der Waals surface area (Å²) in [5.74, 6) is -0.605. The van der Waals surface area contributed by atoms with Gasteiger partial charge in [-0.3, -0.25) is 4.79 Å². The van der Waals surface area contributed by atoms with Crippen LogP contribution < -0.4 is 5.43 Å². The van der Waals surface area contributed by atoms with E-state index in [0.29, 0.717) is 16.8 Å². The van der Waals surface area contributed by atoms with Gasteiger partial charge in [0, 0.05) is 0 Å². The van der Waals surface area contributed by atoms with Crippen molar-refractivity contribution in [3.8, 4) is 0 Å². The number of hydrogen-bond donors (Lipinski definition) is 2. The Morgan fingerprint density at radius 2 is 1.44 bits per heavy atom. The normalized spacial score (nSPS) is 11.9. The summed E-state index contributed by atoms with van der Waals surface area (Å²) < 4.78 is 0. The molecule has 0 aliphatic rings. The van der Waals surface area contributed by atoms with Crippen LogP contribution in [0.4, 0.5) is 0 Å². The Balaban J connectivity index is 1.94. The van der Waals surface area contributed by atoms with E-state index in [1.165, 1.54) is 0 Å². The van der Waals surface area contributed by atoms with Crippen molar-refractivity contribution in [2.45, 2.75) is 19.4 Å². The minimum absolute atomic E-state index is 0.483. The van der Waals surface area contributed by atoms with Gasteiger partial charge in [-0.15, -0.1) is 0 Å². The highest BCUT2D eigenvalue weighted by Crippen LogP contribution is 2.29. The number of benzene rings is 3. The Morgan fingerprint density at radius 3 is 1.96 bits per heavy atom. The van der Waals surface area contributed by atoms with E-state index in [4.69, 9.17) is 0 Å². The number of aryl methyl sites for hydroxylation is 1. The largest absolute Gasteiger partial charge is 0.372 e. The molecule has 0 aliphatic heterocycles. The molecule has 0 aromatic heterocycles. The SMILES string of the molecule is CC(=NNC(=O)C(O)(c1ccccc1)c1ccccc1)c1cccc(C)c1. The Labute approximate surface area is 159 Å². The average molecular weight is 358 g/mol. The Morgan fingerprint density at radius 1 is 0.889 bits per heavy atom. The Kier molecular flexibility index (Phi) is 5.48. The maximum absolute atomic E-state index is 13.0. The zero-order chi connectivity index (χ0) is 19.3. The number of nitrogens with one attached hydrogen (secondary N) is 1. The van der Waals surface area contributed by atoms with E-state index in [-0.39, 0.29) is 0 Å². The third-order valence-corrected chi connectivity index (χ3v) is 4.47. The second-order valence-electron chi connectivity index (χ2n) is 6.45. The van der Waals surface area contributed by atoms with E-state index in [1.54, 1.807) is 48.5 Å². The third-order valence-electron chi connectivity index (χ3n) is 4.47. The Hall–Kier alpha value is -3.24. The molecule has 3 aromatic carbocycles. The first-order chi connectivity index (χ1) is 13.0. The van der Waals surface area contributed by atoms with Crippen LogP contribution in [-0.4, -0.2) is 16.7 Å². The second kappa shape index (κ2) is 7.98. The van der Waals surface area contributed by atoms with Crippen molar-refractivity contribution in [3.05, 3.63) is 107 Å². The summed E-state index contributed by atoms with van der Waals surface area (Å²) >= 11 is 0. The van der Waals surface area contributed by atoms with Crippen molar-refractivity contribution >= 4 is 11.6 Å². The van der Waals surface area contributed by atoms with Gasteiger partial charge in [0.05, 0.1) is 5.71 Å². The van der Waals surface area contributed by atoms with Crippen LogP contribution in [0.25, 0.3) is 0 Å². The molecule has 3 rings (SSSR count). The summed E-state index contributed by atoms with van der Waals surface area (Å²) in [5.41, 5.74) is 4.36. The van der Waals surface area contributed by atoms with Crippen molar-refractivity contribution in [2.75, 3.05) is 0 Å². The second-order valence-corrected chi connectivity index (χ2v) is 6.45. The van der Waals surface area contributed by atoms with Crippen LogP contribution in [0.5, 0.6) is 0 Å². The van der Waals surface area contributed by atoms with Crippen LogP contribution in [-0.2, 0) is 10.4 Å². The Bertz CT molecular complexity index is 911. The fourth-order valence-corrected chi connectivity index (χ4v) is 2.94. The molecule has 0 fully saturated rings. The van der Waals surface area contributed by atoms with Crippen LogP contribution in [0.1, 0.15) is 29.2 Å². The number of aliphatic hydroxyl groups is 1. The summed E-state index contributed by atoms with van der Waals surface area (Å²) in [5, 5.41) is 15.6. The highest BCUT2D eigenvalue weighted by Gasteiger charge is 2.39. The maximum atomic E-state index is 13.0. The summed E-state index contributed by atoms with van der Waals surface area (Å²) in [4.78, 5) is 13.0. The van der Waals surface area contributed by atoms with Crippen LogP contribution >= 0.6 is 0 Å². The van der Waals surface area contributed by atoms with Gasteiger partial charge in [0.1, 0.15) is 0 Å². The van der Waals surface area contributed by atoms with Crippen LogP contribution in [0.3, 0.4) is 0 Å². The molecule has 136 valence electrons. The van der Waals surface area contributed by atoms with E-state index in [2.05, 4.69) is 10.5 Å². The van der Waals surface area contributed by atoms with Gasteiger partial charge < -0.3 is 5.11 Å². The van der Waals surface area contributed by atoms with E-state index >= 15 is 0 Å². The number of nitrogens with zero attached hydrogens (tertiary/aromatic N) is 1. The van der Waals surface area contributed by atoms with Gasteiger partial charge in [0.15, 0.2) is 5.60 Å². The average Bonchev–Trinajstić information content (AvgIpc) is 2.72. The molecule has 27 heavy (non-hydrogen) atoms. The standard InChI is InChI=1S/C23H22N2O2/c1-17-10-9-11-19(16-17)18(2)24-25-22(26)23(27,20-12-5-3-6-13-20)21-14-7-4-8-15-21/h3-16,27H,1-2H3,(H,25,26). The molecule has 0 aliphatic carbocycles. The van der Waals surface area contributed by atoms with Gasteiger partial charge in [-0.1, -0.05) is 90.5 Å². The topological polar surface area (TPSA) is 61.7 Å². The summed E-state index contributed by atoms with van der Waals surface area (Å²) in [6, 6.07) is 25.6. The van der Waals surface area contributed by atoms with Crippen molar-refractivity contribution in [2.24, 2.45) is 5.10 Å². The minimum Gasteiger partial charge on any atom is -0.372 e. The van der Waals surface area contributed by atoms with Gasteiger partial charge in [-0.2, -0.15) is 5.10 Å². The molecule has 0 saturated carbocycles. The molecular weight excluding hydrogens is 336 g/mol. The smallest absolute Gasteiger partial charge is 0.281 e. The predicted molar refractivity (Wildman–Crippen MR) is 107 cm³/mol. The summed E-state index contributed by atoms with van der Waals surface area (Å²) in [6.07, 6.45) is 0. The fourth-order valence-electron chi connectivity index (χ4n) is 2.94.